The summed E-state index contributed by atoms with van der Waals surface area (Å²) < 4.78 is 0. The zero-order valence-corrected chi connectivity index (χ0v) is 16.0. The molecule has 6 atom stereocenters. The van der Waals surface area contributed by atoms with Crippen molar-refractivity contribution in [1.82, 2.24) is 0 Å². The Bertz CT molecular complexity index is 543. The summed E-state index contributed by atoms with van der Waals surface area (Å²) in [6, 6.07) is 0. The van der Waals surface area contributed by atoms with Crippen LogP contribution in [0.15, 0.2) is 23.3 Å². The van der Waals surface area contributed by atoms with Gasteiger partial charge in [0, 0.05) is 0 Å². The van der Waals surface area contributed by atoms with Crippen molar-refractivity contribution in [3.05, 3.63) is 23.3 Å². The molecule has 0 aliphatic heterocycles. The van der Waals surface area contributed by atoms with Crippen LogP contribution in [-0.2, 0) is 0 Å². The van der Waals surface area contributed by atoms with E-state index >= 15 is 0 Å². The second kappa shape index (κ2) is 5.24. The standard InChI is InChI=1S/C23H36/c1-15-12-13-23(5)16(14-15)6-7-19-17-8-10-20(22(2,3)4)18(17)9-11-21(19)23/h6,8,15,18-21H,7,9-14H2,1-5H3/t15-,18?,19?,20?,21?,23-/m0/s1. The summed E-state index contributed by atoms with van der Waals surface area (Å²) in [6.07, 6.45) is 15.3. The fourth-order valence-corrected chi connectivity index (χ4v) is 6.84. The van der Waals surface area contributed by atoms with Gasteiger partial charge in [0.25, 0.3) is 0 Å². The first-order valence-electron chi connectivity index (χ1n) is 10.2. The van der Waals surface area contributed by atoms with Crippen molar-refractivity contribution in [1.29, 1.82) is 0 Å². The molecule has 0 amide bonds. The van der Waals surface area contributed by atoms with E-state index in [1.807, 2.05) is 11.1 Å². The van der Waals surface area contributed by atoms with E-state index in [1.165, 1.54) is 44.9 Å². The third kappa shape index (κ3) is 2.38. The molecule has 0 heterocycles. The predicted octanol–water partition coefficient (Wildman–Crippen LogP) is 6.78. The van der Waals surface area contributed by atoms with Gasteiger partial charge in [-0.05, 0) is 85.4 Å². The van der Waals surface area contributed by atoms with Crippen molar-refractivity contribution in [2.45, 2.75) is 79.6 Å². The van der Waals surface area contributed by atoms with Gasteiger partial charge in [0.05, 0.1) is 0 Å². The first-order valence-corrected chi connectivity index (χ1v) is 10.2. The van der Waals surface area contributed by atoms with Crippen LogP contribution in [0.25, 0.3) is 0 Å². The molecule has 0 spiro atoms. The molecule has 0 aromatic carbocycles. The average molecular weight is 313 g/mol. The summed E-state index contributed by atoms with van der Waals surface area (Å²) >= 11 is 0. The van der Waals surface area contributed by atoms with E-state index in [0.717, 1.165) is 29.6 Å². The van der Waals surface area contributed by atoms with Crippen molar-refractivity contribution in [3.8, 4) is 0 Å². The van der Waals surface area contributed by atoms with Gasteiger partial charge in [-0.15, -0.1) is 0 Å². The molecule has 128 valence electrons. The van der Waals surface area contributed by atoms with Crippen LogP contribution in [0.2, 0.25) is 0 Å². The van der Waals surface area contributed by atoms with Crippen LogP contribution in [0.4, 0.5) is 0 Å². The molecule has 0 bridgehead atoms. The lowest BCUT2D eigenvalue weighted by Gasteiger charge is -2.54. The molecular formula is C23H36. The van der Waals surface area contributed by atoms with Crippen molar-refractivity contribution in [2.75, 3.05) is 0 Å². The quantitative estimate of drug-likeness (QED) is 0.433. The lowest BCUT2D eigenvalue weighted by atomic mass is 9.50. The van der Waals surface area contributed by atoms with Crippen LogP contribution in [0.3, 0.4) is 0 Å². The molecule has 0 aromatic heterocycles. The maximum Gasteiger partial charge on any atom is -0.00821 e. The zero-order chi connectivity index (χ0) is 16.4. The third-order valence-electron chi connectivity index (χ3n) is 8.23. The van der Waals surface area contributed by atoms with Crippen molar-refractivity contribution in [2.24, 2.45) is 40.4 Å². The molecule has 0 N–H and O–H groups in total. The van der Waals surface area contributed by atoms with Crippen LogP contribution >= 0.6 is 0 Å². The molecule has 0 saturated heterocycles. The summed E-state index contributed by atoms with van der Waals surface area (Å²) in [7, 11) is 0. The number of hydrogen-bond acceptors (Lipinski definition) is 0. The first kappa shape index (κ1) is 16.0. The lowest BCUT2D eigenvalue weighted by Crippen LogP contribution is -2.45. The van der Waals surface area contributed by atoms with Crippen molar-refractivity contribution in [3.63, 3.8) is 0 Å². The van der Waals surface area contributed by atoms with E-state index in [0.29, 0.717) is 10.8 Å². The minimum absolute atomic E-state index is 0.468. The van der Waals surface area contributed by atoms with Gasteiger partial charge in [-0.3, -0.25) is 0 Å². The minimum atomic E-state index is 0.468. The Kier molecular flexibility index (Phi) is 3.64. The molecule has 23 heavy (non-hydrogen) atoms. The van der Waals surface area contributed by atoms with E-state index in [4.69, 9.17) is 0 Å². The Morgan fingerprint density at radius 2 is 1.78 bits per heavy atom. The Morgan fingerprint density at radius 3 is 2.52 bits per heavy atom. The van der Waals surface area contributed by atoms with Crippen molar-refractivity contribution >= 4 is 0 Å². The third-order valence-corrected chi connectivity index (χ3v) is 8.23. The molecule has 2 fully saturated rings. The highest BCUT2D eigenvalue weighted by Crippen LogP contribution is 2.62. The second-order valence-electron chi connectivity index (χ2n) is 10.5. The molecule has 4 rings (SSSR count). The smallest absolute Gasteiger partial charge is 0.00821 e. The van der Waals surface area contributed by atoms with Gasteiger partial charge in [0.15, 0.2) is 0 Å². The number of rotatable bonds is 0. The Labute approximate surface area is 143 Å². The second-order valence-corrected chi connectivity index (χ2v) is 10.5. The monoisotopic (exact) mass is 312 g/mol. The van der Waals surface area contributed by atoms with Gasteiger partial charge >= 0.3 is 0 Å². The molecule has 0 radical (unpaired) electrons. The summed E-state index contributed by atoms with van der Waals surface area (Å²) in [6.45, 7) is 12.5. The highest BCUT2D eigenvalue weighted by molar-refractivity contribution is 5.31. The maximum absolute atomic E-state index is 2.69. The van der Waals surface area contributed by atoms with E-state index in [9.17, 15) is 0 Å². The van der Waals surface area contributed by atoms with E-state index in [-0.39, 0.29) is 0 Å². The zero-order valence-electron chi connectivity index (χ0n) is 16.0. The number of allylic oxidation sites excluding steroid dienone is 4. The minimum Gasteiger partial charge on any atom is -0.0844 e. The summed E-state index contributed by atoms with van der Waals surface area (Å²) in [4.78, 5) is 0. The van der Waals surface area contributed by atoms with Gasteiger partial charge in [-0.1, -0.05) is 57.9 Å². The fourth-order valence-electron chi connectivity index (χ4n) is 6.84. The summed E-state index contributed by atoms with van der Waals surface area (Å²) in [5.74, 6) is 4.53. The van der Waals surface area contributed by atoms with E-state index in [2.05, 4.69) is 46.8 Å². The molecule has 4 aliphatic carbocycles. The molecule has 0 nitrogen and oxygen atoms in total. The van der Waals surface area contributed by atoms with Gasteiger partial charge < -0.3 is 0 Å². The molecular weight excluding hydrogens is 276 g/mol. The molecule has 0 aromatic rings. The average Bonchev–Trinajstić information content (AvgIpc) is 2.92. The van der Waals surface area contributed by atoms with E-state index < -0.39 is 0 Å². The Balaban J connectivity index is 1.63. The van der Waals surface area contributed by atoms with Gasteiger partial charge in [0.1, 0.15) is 0 Å². The first-order chi connectivity index (χ1) is 10.8. The van der Waals surface area contributed by atoms with E-state index in [1.54, 1.807) is 0 Å². The van der Waals surface area contributed by atoms with Crippen molar-refractivity contribution < 1.29 is 0 Å². The molecule has 4 aliphatic rings. The SMILES string of the molecule is C[C@H]1CC[C@@]2(C)C(=CCC3C4=CCC(C(C)(C)C)C4CCC32)C1. The van der Waals surface area contributed by atoms with Gasteiger partial charge in [-0.2, -0.15) is 0 Å². The Morgan fingerprint density at radius 1 is 1.00 bits per heavy atom. The van der Waals surface area contributed by atoms with Crippen LogP contribution < -0.4 is 0 Å². The largest absolute Gasteiger partial charge is 0.0844 e. The van der Waals surface area contributed by atoms with Crippen LogP contribution in [0, 0.1) is 40.4 Å². The molecule has 2 saturated carbocycles. The fraction of sp³-hybridized carbons (Fsp3) is 0.826. The Hall–Kier alpha value is -0.520. The summed E-state index contributed by atoms with van der Waals surface area (Å²) in [5, 5.41) is 0. The van der Waals surface area contributed by atoms with Gasteiger partial charge in [0.2, 0.25) is 0 Å². The van der Waals surface area contributed by atoms with Crippen LogP contribution in [0.5, 0.6) is 0 Å². The topological polar surface area (TPSA) is 0 Å². The molecule has 0 heteroatoms. The van der Waals surface area contributed by atoms with Gasteiger partial charge in [-0.25, -0.2) is 0 Å². The van der Waals surface area contributed by atoms with Crippen LogP contribution in [0.1, 0.15) is 79.6 Å². The predicted molar refractivity (Wildman–Crippen MR) is 99.2 cm³/mol. The molecule has 4 unspecified atom stereocenters. The number of hydrogen-bond donors (Lipinski definition) is 0. The lowest BCUT2D eigenvalue weighted by molar-refractivity contribution is 0.0580. The normalized spacial score (nSPS) is 46.4. The highest BCUT2D eigenvalue weighted by Gasteiger charge is 2.52. The van der Waals surface area contributed by atoms with Crippen LogP contribution in [-0.4, -0.2) is 0 Å². The number of fused-ring (bicyclic) bond motifs is 5. The maximum atomic E-state index is 2.69. The summed E-state index contributed by atoms with van der Waals surface area (Å²) in [5.41, 5.74) is 4.72. The highest BCUT2D eigenvalue weighted by atomic mass is 14.6.